The lowest BCUT2D eigenvalue weighted by Gasteiger charge is -2.12. The predicted octanol–water partition coefficient (Wildman–Crippen LogP) is 1.31. The van der Waals surface area contributed by atoms with Gasteiger partial charge in [0.05, 0.1) is 0 Å². The van der Waals surface area contributed by atoms with Gasteiger partial charge in [-0.05, 0) is 12.8 Å². The van der Waals surface area contributed by atoms with Gasteiger partial charge in [-0.2, -0.15) is 0 Å². The molecule has 1 atom stereocenters. The predicted molar refractivity (Wildman–Crippen MR) is 56.7 cm³/mol. The van der Waals surface area contributed by atoms with E-state index in [4.69, 9.17) is 5.11 Å². The van der Waals surface area contributed by atoms with Gasteiger partial charge in [-0.15, -0.1) is 0 Å². The summed E-state index contributed by atoms with van der Waals surface area (Å²) >= 11 is 0. The van der Waals surface area contributed by atoms with Gasteiger partial charge in [-0.25, -0.2) is 14.8 Å². The number of carbonyl (C=O) groups is 1. The molecular formula is C10H15N3O2. The van der Waals surface area contributed by atoms with Crippen molar-refractivity contribution in [2.45, 2.75) is 32.7 Å². The Kier molecular flexibility index (Phi) is 4.03. The highest BCUT2D eigenvalue weighted by Crippen LogP contribution is 2.07. The zero-order chi connectivity index (χ0) is 11.3. The maximum absolute atomic E-state index is 10.8. The van der Waals surface area contributed by atoms with Crippen molar-refractivity contribution in [3.63, 3.8) is 0 Å². The Balaban J connectivity index is 2.74. The summed E-state index contributed by atoms with van der Waals surface area (Å²) in [6.07, 6.45) is 2.76. The second kappa shape index (κ2) is 5.29. The molecule has 5 nitrogen and oxygen atoms in total. The maximum atomic E-state index is 10.8. The minimum atomic E-state index is -0.867. The standard InChI is InChI=1S/C10H15N3O2/c1-3-7-5-9(12-6-11-7)13-8(4-2)10(14)15/h5-6,8H,3-4H2,1-2H3,(H,14,15)(H,11,12,13). The number of carboxylic acid groups (broad SMARTS) is 1. The molecule has 0 aromatic carbocycles. The molecule has 0 saturated heterocycles. The number of hydrogen-bond acceptors (Lipinski definition) is 4. The van der Waals surface area contributed by atoms with Gasteiger partial charge in [0, 0.05) is 11.8 Å². The minimum Gasteiger partial charge on any atom is -0.480 e. The Labute approximate surface area is 88.6 Å². The third kappa shape index (κ3) is 3.19. The number of rotatable bonds is 5. The Morgan fingerprint density at radius 1 is 1.53 bits per heavy atom. The van der Waals surface area contributed by atoms with Crippen molar-refractivity contribution < 1.29 is 9.90 Å². The van der Waals surface area contributed by atoms with Crippen LogP contribution in [0.15, 0.2) is 12.4 Å². The third-order valence-electron chi connectivity index (χ3n) is 2.11. The van der Waals surface area contributed by atoms with E-state index in [-0.39, 0.29) is 0 Å². The van der Waals surface area contributed by atoms with Crippen LogP contribution in [0, 0.1) is 0 Å². The summed E-state index contributed by atoms with van der Waals surface area (Å²) in [6, 6.07) is 1.18. The van der Waals surface area contributed by atoms with Crippen LogP contribution in [-0.4, -0.2) is 27.1 Å². The van der Waals surface area contributed by atoms with Crippen LogP contribution in [0.25, 0.3) is 0 Å². The van der Waals surface area contributed by atoms with Crippen molar-refractivity contribution in [1.82, 2.24) is 9.97 Å². The highest BCUT2D eigenvalue weighted by molar-refractivity contribution is 5.76. The first-order valence-corrected chi connectivity index (χ1v) is 4.97. The number of nitrogens with one attached hydrogen (secondary N) is 1. The molecule has 0 fully saturated rings. The Bertz CT molecular complexity index is 341. The summed E-state index contributed by atoms with van der Waals surface area (Å²) < 4.78 is 0. The summed E-state index contributed by atoms with van der Waals surface area (Å²) in [5.74, 6) is -0.301. The fourth-order valence-corrected chi connectivity index (χ4v) is 1.19. The summed E-state index contributed by atoms with van der Waals surface area (Å²) in [6.45, 7) is 3.80. The number of aryl methyl sites for hydroxylation is 1. The fraction of sp³-hybridized carbons (Fsp3) is 0.500. The van der Waals surface area contributed by atoms with Crippen LogP contribution in [0.5, 0.6) is 0 Å². The first-order chi connectivity index (χ1) is 7.17. The highest BCUT2D eigenvalue weighted by atomic mass is 16.4. The number of aromatic nitrogens is 2. The molecule has 15 heavy (non-hydrogen) atoms. The molecule has 0 radical (unpaired) electrons. The summed E-state index contributed by atoms with van der Waals surface area (Å²) in [5.41, 5.74) is 0.896. The SMILES string of the molecule is CCc1cc(NC(CC)C(=O)O)ncn1. The second-order valence-electron chi connectivity index (χ2n) is 3.19. The lowest BCUT2D eigenvalue weighted by Crippen LogP contribution is -2.28. The van der Waals surface area contributed by atoms with Crippen LogP contribution in [0.3, 0.4) is 0 Å². The molecule has 0 spiro atoms. The van der Waals surface area contributed by atoms with E-state index in [0.717, 1.165) is 12.1 Å². The lowest BCUT2D eigenvalue weighted by atomic mass is 10.2. The summed E-state index contributed by atoms with van der Waals surface area (Å²) in [5, 5.41) is 11.7. The molecule has 0 amide bonds. The average molecular weight is 209 g/mol. The first-order valence-electron chi connectivity index (χ1n) is 4.97. The third-order valence-corrected chi connectivity index (χ3v) is 2.11. The smallest absolute Gasteiger partial charge is 0.326 e. The molecule has 0 aliphatic rings. The molecule has 1 heterocycles. The summed E-state index contributed by atoms with van der Waals surface area (Å²) in [4.78, 5) is 18.8. The van der Waals surface area contributed by atoms with Crippen molar-refractivity contribution >= 4 is 11.8 Å². The van der Waals surface area contributed by atoms with E-state index in [1.807, 2.05) is 13.8 Å². The van der Waals surface area contributed by atoms with Crippen LogP contribution in [0.4, 0.5) is 5.82 Å². The van der Waals surface area contributed by atoms with Crippen LogP contribution < -0.4 is 5.32 Å². The first kappa shape index (κ1) is 11.4. The number of aliphatic carboxylic acids is 1. The topological polar surface area (TPSA) is 75.1 Å². The van der Waals surface area contributed by atoms with Gasteiger partial charge in [0.2, 0.25) is 0 Å². The molecule has 2 N–H and O–H groups in total. The van der Waals surface area contributed by atoms with E-state index < -0.39 is 12.0 Å². The monoisotopic (exact) mass is 209 g/mol. The van der Waals surface area contributed by atoms with Crippen LogP contribution in [0.2, 0.25) is 0 Å². The van der Waals surface area contributed by atoms with E-state index in [9.17, 15) is 4.79 Å². The zero-order valence-electron chi connectivity index (χ0n) is 8.90. The number of hydrogen-bond donors (Lipinski definition) is 2. The van der Waals surface area contributed by atoms with Gasteiger partial charge in [-0.3, -0.25) is 0 Å². The molecule has 5 heteroatoms. The molecule has 0 aliphatic carbocycles. The Hall–Kier alpha value is -1.65. The van der Waals surface area contributed by atoms with E-state index in [0.29, 0.717) is 12.2 Å². The molecule has 1 aromatic heterocycles. The molecule has 1 unspecified atom stereocenters. The van der Waals surface area contributed by atoms with Crippen LogP contribution in [0.1, 0.15) is 26.0 Å². The largest absolute Gasteiger partial charge is 0.480 e. The molecule has 82 valence electrons. The maximum Gasteiger partial charge on any atom is 0.326 e. The summed E-state index contributed by atoms with van der Waals surface area (Å²) in [7, 11) is 0. The Morgan fingerprint density at radius 3 is 2.80 bits per heavy atom. The molecule has 0 saturated carbocycles. The quantitative estimate of drug-likeness (QED) is 0.764. The molecule has 1 aromatic rings. The zero-order valence-corrected chi connectivity index (χ0v) is 8.90. The van der Waals surface area contributed by atoms with Crippen molar-refractivity contribution in [2.24, 2.45) is 0 Å². The molecule has 1 rings (SSSR count). The van der Waals surface area contributed by atoms with E-state index in [1.54, 1.807) is 6.07 Å². The van der Waals surface area contributed by atoms with Crippen LogP contribution in [-0.2, 0) is 11.2 Å². The minimum absolute atomic E-state index is 0.515. The Morgan fingerprint density at radius 2 is 2.27 bits per heavy atom. The van der Waals surface area contributed by atoms with E-state index in [1.165, 1.54) is 6.33 Å². The van der Waals surface area contributed by atoms with Gasteiger partial charge in [0.15, 0.2) is 0 Å². The molecule has 0 bridgehead atoms. The number of anilines is 1. The lowest BCUT2D eigenvalue weighted by molar-refractivity contribution is -0.137. The second-order valence-corrected chi connectivity index (χ2v) is 3.19. The van der Waals surface area contributed by atoms with Gasteiger partial charge in [-0.1, -0.05) is 13.8 Å². The number of carboxylic acids is 1. The van der Waals surface area contributed by atoms with E-state index >= 15 is 0 Å². The molecular weight excluding hydrogens is 194 g/mol. The van der Waals surface area contributed by atoms with Crippen molar-refractivity contribution in [3.8, 4) is 0 Å². The van der Waals surface area contributed by atoms with Crippen molar-refractivity contribution in [2.75, 3.05) is 5.32 Å². The van der Waals surface area contributed by atoms with Gasteiger partial charge in [0.25, 0.3) is 0 Å². The molecule has 0 aliphatic heterocycles. The number of nitrogens with zero attached hydrogens (tertiary/aromatic N) is 2. The van der Waals surface area contributed by atoms with Crippen molar-refractivity contribution in [3.05, 3.63) is 18.1 Å². The van der Waals surface area contributed by atoms with Gasteiger partial charge in [0.1, 0.15) is 18.2 Å². The highest BCUT2D eigenvalue weighted by Gasteiger charge is 2.14. The fourth-order valence-electron chi connectivity index (χ4n) is 1.19. The normalized spacial score (nSPS) is 12.1. The van der Waals surface area contributed by atoms with Crippen LogP contribution >= 0.6 is 0 Å². The van der Waals surface area contributed by atoms with Crippen molar-refractivity contribution in [1.29, 1.82) is 0 Å². The van der Waals surface area contributed by atoms with Gasteiger partial charge < -0.3 is 10.4 Å². The van der Waals surface area contributed by atoms with Gasteiger partial charge >= 0.3 is 5.97 Å². The average Bonchev–Trinajstić information content (AvgIpc) is 2.25. The van der Waals surface area contributed by atoms with E-state index in [2.05, 4.69) is 15.3 Å².